The minimum atomic E-state index is -0.933. The Kier molecular flexibility index (Phi) is 15.1. The van der Waals surface area contributed by atoms with Crippen molar-refractivity contribution in [3.05, 3.63) is 35.6 Å². The number of benzene rings is 1. The van der Waals surface area contributed by atoms with Gasteiger partial charge in [-0.05, 0) is 64.2 Å². The van der Waals surface area contributed by atoms with Crippen LogP contribution in [0.5, 0.6) is 0 Å². The van der Waals surface area contributed by atoms with Gasteiger partial charge in [-0.1, -0.05) is 64.0 Å². The number of unbranched alkanes of at least 4 members (excludes halogenated alkanes) is 6. The molecule has 1 unspecified atom stereocenters. The molecule has 0 N–H and O–H groups in total. The molecule has 1 aromatic carbocycles. The number of hydrogen-bond donors (Lipinski definition) is 0. The van der Waals surface area contributed by atoms with Crippen LogP contribution < -0.4 is 0 Å². The summed E-state index contributed by atoms with van der Waals surface area (Å²) < 4.78 is 31.4. The molecule has 1 atom stereocenters. The van der Waals surface area contributed by atoms with Crippen LogP contribution in [-0.2, 0) is 20.6 Å². The van der Waals surface area contributed by atoms with Gasteiger partial charge in [0.15, 0.2) is 0 Å². The van der Waals surface area contributed by atoms with Crippen LogP contribution in [0.25, 0.3) is 0 Å². The lowest BCUT2D eigenvalue weighted by Gasteiger charge is -2.39. The molecule has 0 aromatic heterocycles. The molecule has 174 valence electrons. The van der Waals surface area contributed by atoms with Crippen molar-refractivity contribution in [1.82, 2.24) is 0 Å². The number of halogens is 1. The Labute approximate surface area is 184 Å². The molecular weight excluding hydrogens is 379 g/mol. The van der Waals surface area contributed by atoms with Crippen molar-refractivity contribution in [1.29, 1.82) is 0 Å². The fraction of sp³-hybridized carbons (Fsp3) is 0.769. The van der Waals surface area contributed by atoms with E-state index in [2.05, 4.69) is 6.92 Å². The standard InChI is InChI=1S/C26H45FO3/c1-5-9-10-11-12-13-17-24(26(28-6-2,29-7-3)30-8-4)18-15-14-16-23-19-21-25(27)22-20-23/h19-22,24H,5-18H2,1-4H3. The summed E-state index contributed by atoms with van der Waals surface area (Å²) in [6.07, 6.45) is 12.8. The van der Waals surface area contributed by atoms with E-state index in [-0.39, 0.29) is 11.7 Å². The van der Waals surface area contributed by atoms with Gasteiger partial charge in [0.05, 0.1) is 0 Å². The van der Waals surface area contributed by atoms with Crippen molar-refractivity contribution in [2.75, 3.05) is 19.8 Å². The third-order valence-corrected chi connectivity index (χ3v) is 5.62. The summed E-state index contributed by atoms with van der Waals surface area (Å²) in [4.78, 5) is 0. The molecule has 30 heavy (non-hydrogen) atoms. The van der Waals surface area contributed by atoms with Crippen LogP contribution in [-0.4, -0.2) is 25.8 Å². The molecule has 1 rings (SSSR count). The highest BCUT2D eigenvalue weighted by molar-refractivity contribution is 5.15. The van der Waals surface area contributed by atoms with Crippen molar-refractivity contribution in [2.45, 2.75) is 104 Å². The highest BCUT2D eigenvalue weighted by atomic mass is 19.1. The van der Waals surface area contributed by atoms with Gasteiger partial charge in [-0.3, -0.25) is 0 Å². The topological polar surface area (TPSA) is 27.7 Å². The minimum Gasteiger partial charge on any atom is -0.328 e. The highest BCUT2D eigenvalue weighted by Gasteiger charge is 2.41. The van der Waals surface area contributed by atoms with Crippen LogP contribution in [0.1, 0.15) is 97.5 Å². The zero-order chi connectivity index (χ0) is 22.1. The van der Waals surface area contributed by atoms with E-state index < -0.39 is 5.97 Å². The van der Waals surface area contributed by atoms with Crippen molar-refractivity contribution < 1.29 is 18.6 Å². The predicted octanol–water partition coefficient (Wildman–Crippen LogP) is 7.67. The minimum absolute atomic E-state index is 0.173. The summed E-state index contributed by atoms with van der Waals surface area (Å²) in [5, 5.41) is 0. The number of rotatable bonds is 19. The quantitative estimate of drug-likeness (QED) is 0.168. The Morgan fingerprint density at radius 2 is 1.20 bits per heavy atom. The lowest BCUT2D eigenvalue weighted by atomic mass is 9.91. The van der Waals surface area contributed by atoms with Gasteiger partial charge in [0, 0.05) is 25.7 Å². The van der Waals surface area contributed by atoms with E-state index in [4.69, 9.17) is 14.2 Å². The molecule has 0 radical (unpaired) electrons. The summed E-state index contributed by atoms with van der Waals surface area (Å²) >= 11 is 0. The Bertz CT molecular complexity index is 500. The van der Waals surface area contributed by atoms with E-state index >= 15 is 0 Å². The van der Waals surface area contributed by atoms with E-state index in [0.29, 0.717) is 19.8 Å². The summed E-state index contributed by atoms with van der Waals surface area (Å²) in [5.41, 5.74) is 1.19. The molecule has 0 fully saturated rings. The average Bonchev–Trinajstić information content (AvgIpc) is 2.73. The first-order valence-electron chi connectivity index (χ1n) is 12.3. The Balaban J connectivity index is 2.67. The molecular formula is C26H45FO3. The molecule has 3 nitrogen and oxygen atoms in total. The summed E-state index contributed by atoms with van der Waals surface area (Å²) in [7, 11) is 0. The normalized spacial score (nSPS) is 13.0. The predicted molar refractivity (Wildman–Crippen MR) is 123 cm³/mol. The first-order valence-corrected chi connectivity index (χ1v) is 12.3. The van der Waals surface area contributed by atoms with Crippen LogP contribution >= 0.6 is 0 Å². The van der Waals surface area contributed by atoms with Gasteiger partial charge in [0.25, 0.3) is 5.97 Å². The van der Waals surface area contributed by atoms with Crippen LogP contribution in [0.4, 0.5) is 4.39 Å². The molecule has 4 heteroatoms. The molecule has 0 aliphatic carbocycles. The largest absolute Gasteiger partial charge is 0.328 e. The van der Waals surface area contributed by atoms with Gasteiger partial charge in [-0.15, -0.1) is 0 Å². The summed E-state index contributed by atoms with van der Waals surface area (Å²) in [6.45, 7) is 9.98. The lowest BCUT2D eigenvalue weighted by molar-refractivity contribution is -0.403. The maximum Gasteiger partial charge on any atom is 0.285 e. The molecule has 0 bridgehead atoms. The van der Waals surface area contributed by atoms with E-state index in [1.165, 1.54) is 44.1 Å². The summed E-state index contributed by atoms with van der Waals surface area (Å²) in [6, 6.07) is 6.85. The third-order valence-electron chi connectivity index (χ3n) is 5.62. The van der Waals surface area contributed by atoms with Gasteiger partial charge in [0.1, 0.15) is 5.82 Å². The van der Waals surface area contributed by atoms with Crippen molar-refractivity contribution in [2.24, 2.45) is 5.92 Å². The number of aryl methyl sites for hydroxylation is 1. The van der Waals surface area contributed by atoms with E-state index in [1.807, 2.05) is 32.9 Å². The SMILES string of the molecule is CCCCCCCCC(CCCCc1ccc(F)cc1)C(OCC)(OCC)OCC. The fourth-order valence-corrected chi connectivity index (χ4v) is 4.12. The molecule has 0 aliphatic heterocycles. The lowest BCUT2D eigenvalue weighted by Crippen LogP contribution is -2.46. The zero-order valence-corrected chi connectivity index (χ0v) is 19.9. The molecule has 0 amide bonds. The molecule has 0 aliphatic rings. The Morgan fingerprint density at radius 1 is 0.700 bits per heavy atom. The smallest absolute Gasteiger partial charge is 0.285 e. The molecule has 0 spiro atoms. The van der Waals surface area contributed by atoms with Crippen LogP contribution in [0.2, 0.25) is 0 Å². The third kappa shape index (κ3) is 10.4. The summed E-state index contributed by atoms with van der Waals surface area (Å²) in [5.74, 6) is -0.887. The highest BCUT2D eigenvalue weighted by Crippen LogP contribution is 2.34. The second-order valence-corrected chi connectivity index (χ2v) is 8.03. The monoisotopic (exact) mass is 424 g/mol. The van der Waals surface area contributed by atoms with Crippen molar-refractivity contribution >= 4 is 0 Å². The first-order chi connectivity index (χ1) is 14.6. The Hall–Kier alpha value is -0.970. The average molecular weight is 425 g/mol. The molecule has 0 heterocycles. The van der Waals surface area contributed by atoms with Crippen LogP contribution in [0.3, 0.4) is 0 Å². The molecule has 0 saturated carbocycles. The second-order valence-electron chi connectivity index (χ2n) is 8.03. The van der Waals surface area contributed by atoms with Crippen molar-refractivity contribution in [3.63, 3.8) is 0 Å². The van der Waals surface area contributed by atoms with E-state index in [9.17, 15) is 4.39 Å². The maximum atomic E-state index is 13.1. The van der Waals surface area contributed by atoms with Gasteiger partial charge >= 0.3 is 0 Å². The van der Waals surface area contributed by atoms with Gasteiger partial charge in [0.2, 0.25) is 0 Å². The molecule has 1 aromatic rings. The van der Waals surface area contributed by atoms with Crippen molar-refractivity contribution in [3.8, 4) is 0 Å². The van der Waals surface area contributed by atoms with Gasteiger partial charge < -0.3 is 14.2 Å². The number of ether oxygens (including phenoxy) is 3. The molecule has 0 saturated heterocycles. The van der Waals surface area contributed by atoms with Gasteiger partial charge in [-0.2, -0.15) is 0 Å². The second kappa shape index (κ2) is 16.7. The first kappa shape index (κ1) is 27.1. The van der Waals surface area contributed by atoms with E-state index in [1.54, 1.807) is 12.1 Å². The van der Waals surface area contributed by atoms with Gasteiger partial charge in [-0.25, -0.2) is 4.39 Å². The zero-order valence-electron chi connectivity index (χ0n) is 19.9. The fourth-order valence-electron chi connectivity index (χ4n) is 4.12. The van der Waals surface area contributed by atoms with Crippen LogP contribution in [0.15, 0.2) is 24.3 Å². The Morgan fingerprint density at radius 3 is 1.73 bits per heavy atom. The van der Waals surface area contributed by atoms with Crippen LogP contribution in [0, 0.1) is 11.7 Å². The number of hydrogen-bond acceptors (Lipinski definition) is 3. The maximum absolute atomic E-state index is 13.1. The van der Waals surface area contributed by atoms with E-state index in [0.717, 1.165) is 32.1 Å².